The highest BCUT2D eigenvalue weighted by Crippen LogP contribution is 2.25. The monoisotopic (exact) mass is 487 g/mol. The summed E-state index contributed by atoms with van der Waals surface area (Å²) < 4.78 is 11.1. The Bertz CT molecular complexity index is 943. The molecule has 2 aliphatic rings. The van der Waals surface area contributed by atoms with Crippen LogP contribution in [0.1, 0.15) is 81.5 Å². The van der Waals surface area contributed by atoms with Crippen molar-refractivity contribution in [3.63, 3.8) is 0 Å². The average Bonchev–Trinajstić information content (AvgIpc) is 2.94. The number of rotatable bonds is 7. The lowest BCUT2D eigenvalue weighted by molar-refractivity contribution is -0.0184. The van der Waals surface area contributed by atoms with Crippen LogP contribution in [0.5, 0.6) is 0 Å². The van der Waals surface area contributed by atoms with Crippen molar-refractivity contribution in [3.8, 4) is 0 Å². The number of fused-ring (bicyclic) bond motifs is 1. The van der Waals surface area contributed by atoms with E-state index >= 15 is 0 Å². The molecule has 3 rings (SSSR count). The highest BCUT2D eigenvalue weighted by molar-refractivity contribution is 6.21. The van der Waals surface area contributed by atoms with Gasteiger partial charge in [-0.1, -0.05) is 12.1 Å². The number of carbonyl (C=O) groups is 4. The largest absolute Gasteiger partial charge is 0.444 e. The molecule has 2 heterocycles. The van der Waals surface area contributed by atoms with Crippen LogP contribution in [0.15, 0.2) is 24.3 Å². The number of carbonyl (C=O) groups excluding carboxylic acids is 4. The molecule has 192 valence electrons. The van der Waals surface area contributed by atoms with Crippen LogP contribution in [0.3, 0.4) is 0 Å². The number of hydrogen-bond acceptors (Lipinski definition) is 6. The summed E-state index contributed by atoms with van der Waals surface area (Å²) in [4.78, 5) is 55.0. The van der Waals surface area contributed by atoms with Gasteiger partial charge in [-0.3, -0.25) is 14.5 Å². The van der Waals surface area contributed by atoms with E-state index in [1.165, 1.54) is 4.90 Å². The third kappa shape index (κ3) is 6.74. The number of nitrogens with zero attached hydrogens (tertiary/aromatic N) is 3. The van der Waals surface area contributed by atoms with Crippen molar-refractivity contribution in [2.75, 3.05) is 26.2 Å². The normalized spacial score (nSPS) is 17.7. The second-order valence-electron chi connectivity index (χ2n) is 11.1. The molecule has 0 aromatic heterocycles. The molecular weight excluding hydrogens is 450 g/mol. The third-order valence-corrected chi connectivity index (χ3v) is 5.79. The molecule has 0 N–H and O–H groups in total. The maximum absolute atomic E-state index is 12.9. The van der Waals surface area contributed by atoms with E-state index in [2.05, 4.69) is 0 Å². The Labute approximate surface area is 207 Å². The lowest BCUT2D eigenvalue weighted by Crippen LogP contribution is -2.58. The van der Waals surface area contributed by atoms with Crippen molar-refractivity contribution < 1.29 is 28.7 Å². The minimum Gasteiger partial charge on any atom is -0.444 e. The molecule has 9 nitrogen and oxygen atoms in total. The first kappa shape index (κ1) is 26.5. The van der Waals surface area contributed by atoms with Gasteiger partial charge in [0.15, 0.2) is 0 Å². The predicted octanol–water partition coefficient (Wildman–Crippen LogP) is 4.31. The minimum absolute atomic E-state index is 0.145. The fraction of sp³-hybridized carbons (Fsp3) is 0.615. The molecule has 0 spiro atoms. The molecule has 4 amide bonds. The Kier molecular flexibility index (Phi) is 7.77. The van der Waals surface area contributed by atoms with Crippen LogP contribution in [0.2, 0.25) is 0 Å². The minimum atomic E-state index is -0.653. The van der Waals surface area contributed by atoms with Gasteiger partial charge in [0, 0.05) is 26.2 Å². The van der Waals surface area contributed by atoms with Crippen LogP contribution < -0.4 is 0 Å². The van der Waals surface area contributed by atoms with E-state index in [0.717, 1.165) is 6.42 Å². The molecule has 35 heavy (non-hydrogen) atoms. The van der Waals surface area contributed by atoms with E-state index in [1.807, 2.05) is 41.5 Å². The van der Waals surface area contributed by atoms with Crippen molar-refractivity contribution in [1.82, 2.24) is 14.7 Å². The zero-order valence-corrected chi connectivity index (χ0v) is 21.6. The Morgan fingerprint density at radius 1 is 0.943 bits per heavy atom. The predicted molar refractivity (Wildman–Crippen MR) is 130 cm³/mol. The maximum atomic E-state index is 12.9. The van der Waals surface area contributed by atoms with E-state index in [9.17, 15) is 19.2 Å². The first-order valence-electron chi connectivity index (χ1n) is 12.2. The summed E-state index contributed by atoms with van der Waals surface area (Å²) in [7, 11) is 0. The van der Waals surface area contributed by atoms with Crippen LogP contribution in [0, 0.1) is 0 Å². The van der Waals surface area contributed by atoms with Crippen LogP contribution >= 0.6 is 0 Å². The van der Waals surface area contributed by atoms with Gasteiger partial charge in [-0.2, -0.15) is 0 Å². The van der Waals surface area contributed by atoms with Crippen molar-refractivity contribution in [2.24, 2.45) is 0 Å². The lowest BCUT2D eigenvalue weighted by atomic mass is 10.0. The summed E-state index contributed by atoms with van der Waals surface area (Å²) in [6, 6.07) is 6.66. The van der Waals surface area contributed by atoms with Crippen LogP contribution in [-0.4, -0.2) is 82.1 Å². The highest BCUT2D eigenvalue weighted by Gasteiger charge is 2.38. The first-order chi connectivity index (χ1) is 16.3. The Hall–Kier alpha value is -3.10. The summed E-state index contributed by atoms with van der Waals surface area (Å²) in [6.45, 7) is 12.5. The molecule has 1 aromatic carbocycles. The van der Waals surface area contributed by atoms with Gasteiger partial charge in [0.2, 0.25) is 0 Å². The fourth-order valence-electron chi connectivity index (χ4n) is 4.04. The van der Waals surface area contributed by atoms with Crippen LogP contribution in [-0.2, 0) is 9.47 Å². The number of unbranched alkanes of at least 4 members (excludes halogenated alkanes) is 1. The number of benzene rings is 1. The third-order valence-electron chi connectivity index (χ3n) is 5.79. The smallest absolute Gasteiger partial charge is 0.410 e. The summed E-state index contributed by atoms with van der Waals surface area (Å²) in [5.41, 5.74) is -0.383. The number of imide groups is 1. The van der Waals surface area contributed by atoms with Gasteiger partial charge in [0.25, 0.3) is 11.8 Å². The molecule has 1 unspecified atom stereocenters. The van der Waals surface area contributed by atoms with Crippen molar-refractivity contribution >= 4 is 24.0 Å². The zero-order valence-electron chi connectivity index (χ0n) is 21.6. The first-order valence-corrected chi connectivity index (χ1v) is 12.2. The van der Waals surface area contributed by atoms with Gasteiger partial charge in [0.1, 0.15) is 11.2 Å². The molecule has 0 radical (unpaired) electrons. The van der Waals surface area contributed by atoms with E-state index < -0.39 is 17.3 Å². The van der Waals surface area contributed by atoms with E-state index in [0.29, 0.717) is 43.6 Å². The standard InChI is InChI=1S/C26H37N3O6/c1-25(2,3)34-23(32)27(17-18-13-16-28(18)24(33)35-26(4,5)6)14-9-10-15-29-21(30)19-11-7-8-12-20(19)22(29)31/h7-8,11-12,18H,9-10,13-17H2,1-6H3. The SMILES string of the molecule is CC(C)(C)OC(=O)N(CCCCN1C(=O)c2ccccc2C1=O)CC1CCN1C(=O)OC(C)(C)C. The van der Waals surface area contributed by atoms with Gasteiger partial charge >= 0.3 is 12.2 Å². The number of ether oxygens (including phenoxy) is 2. The maximum Gasteiger partial charge on any atom is 0.410 e. The second kappa shape index (κ2) is 10.3. The molecule has 1 fully saturated rings. The Morgan fingerprint density at radius 3 is 2.00 bits per heavy atom. The van der Waals surface area contributed by atoms with Crippen molar-refractivity contribution in [2.45, 2.75) is 78.0 Å². The summed E-state index contributed by atoms with van der Waals surface area (Å²) in [5.74, 6) is -0.561. The Balaban J connectivity index is 1.57. The molecule has 1 aromatic rings. The fourth-order valence-corrected chi connectivity index (χ4v) is 4.04. The van der Waals surface area contributed by atoms with Gasteiger partial charge < -0.3 is 19.3 Å². The summed E-state index contributed by atoms with van der Waals surface area (Å²) >= 11 is 0. The molecule has 0 aliphatic carbocycles. The van der Waals surface area contributed by atoms with E-state index in [4.69, 9.17) is 9.47 Å². The molecule has 1 atom stereocenters. The highest BCUT2D eigenvalue weighted by atomic mass is 16.6. The van der Waals surface area contributed by atoms with Crippen molar-refractivity contribution in [1.29, 1.82) is 0 Å². The lowest BCUT2D eigenvalue weighted by Gasteiger charge is -2.43. The number of likely N-dealkylation sites (tertiary alicyclic amines) is 1. The second-order valence-corrected chi connectivity index (χ2v) is 11.1. The van der Waals surface area contributed by atoms with Crippen LogP contribution in [0.25, 0.3) is 0 Å². The number of hydrogen-bond donors (Lipinski definition) is 0. The molecular formula is C26H37N3O6. The Morgan fingerprint density at radius 2 is 1.51 bits per heavy atom. The summed E-state index contributed by atoms with van der Waals surface area (Å²) in [6.07, 6.45) is 1.06. The van der Waals surface area contributed by atoms with E-state index in [-0.39, 0.29) is 30.5 Å². The van der Waals surface area contributed by atoms with Crippen molar-refractivity contribution in [3.05, 3.63) is 35.4 Å². The molecule has 2 aliphatic heterocycles. The van der Waals surface area contributed by atoms with E-state index in [1.54, 1.807) is 34.1 Å². The van der Waals surface area contributed by atoms with Gasteiger partial charge in [-0.25, -0.2) is 9.59 Å². The van der Waals surface area contributed by atoms with Gasteiger partial charge in [-0.15, -0.1) is 0 Å². The molecule has 9 heteroatoms. The molecule has 0 saturated carbocycles. The molecule has 1 saturated heterocycles. The number of amides is 4. The topological polar surface area (TPSA) is 96.5 Å². The zero-order chi connectivity index (χ0) is 26.0. The average molecular weight is 488 g/mol. The van der Waals surface area contributed by atoms with Crippen LogP contribution in [0.4, 0.5) is 9.59 Å². The quantitative estimate of drug-likeness (QED) is 0.420. The van der Waals surface area contributed by atoms with Gasteiger partial charge in [-0.05, 0) is 72.9 Å². The molecule has 0 bridgehead atoms. The van der Waals surface area contributed by atoms with Gasteiger partial charge in [0.05, 0.1) is 17.2 Å². The summed E-state index contributed by atoms with van der Waals surface area (Å²) in [5, 5.41) is 0.